The molecule has 1 aliphatic rings. The summed E-state index contributed by atoms with van der Waals surface area (Å²) in [6.07, 6.45) is 5.96. The van der Waals surface area contributed by atoms with E-state index in [9.17, 15) is 4.79 Å². The van der Waals surface area contributed by atoms with Crippen molar-refractivity contribution in [2.24, 2.45) is 5.73 Å². The fraction of sp³-hybridized carbons (Fsp3) is 0.556. The first-order valence-electron chi connectivity index (χ1n) is 8.94. The van der Waals surface area contributed by atoms with Crippen LogP contribution in [-0.2, 0) is 9.53 Å². The zero-order valence-electron chi connectivity index (χ0n) is 15.6. The van der Waals surface area contributed by atoms with E-state index in [1.807, 2.05) is 6.07 Å². The predicted octanol–water partition coefficient (Wildman–Crippen LogP) is 2.87. The Morgan fingerprint density at radius 1 is 1.41 bits per heavy atom. The Kier molecular flexibility index (Phi) is 10.0. The second-order valence-corrected chi connectivity index (χ2v) is 6.62. The molecule has 3 rings (SSSR count). The van der Waals surface area contributed by atoms with E-state index in [2.05, 4.69) is 33.3 Å². The minimum atomic E-state index is -0.193. The van der Waals surface area contributed by atoms with Gasteiger partial charge in [0, 0.05) is 36.0 Å². The van der Waals surface area contributed by atoms with Gasteiger partial charge in [-0.15, -0.1) is 24.8 Å². The topological polar surface area (TPSA) is 96.3 Å². The SMILES string of the molecule is CN1CCC[C@@H]1c1cc2cnc(NC(=O)COCCCCN)cc2[nH]1.Cl.Cl. The average Bonchev–Trinajstić information content (AvgIpc) is 3.19. The fourth-order valence-electron chi connectivity index (χ4n) is 3.29. The smallest absolute Gasteiger partial charge is 0.251 e. The predicted molar refractivity (Wildman–Crippen MR) is 113 cm³/mol. The number of likely N-dealkylation sites (tertiary alicyclic amines) is 1. The van der Waals surface area contributed by atoms with E-state index >= 15 is 0 Å². The minimum absolute atomic E-state index is 0. The number of H-pyrrole nitrogens is 1. The molecule has 1 amide bonds. The number of anilines is 1. The summed E-state index contributed by atoms with van der Waals surface area (Å²) in [5.74, 6) is 0.345. The van der Waals surface area contributed by atoms with Gasteiger partial charge in [-0.3, -0.25) is 9.69 Å². The number of carbonyl (C=O) groups is 1. The molecule has 0 bridgehead atoms. The first-order chi connectivity index (χ1) is 12.2. The van der Waals surface area contributed by atoms with Crippen molar-refractivity contribution in [2.75, 3.05) is 38.7 Å². The first-order valence-corrected chi connectivity index (χ1v) is 8.94. The van der Waals surface area contributed by atoms with E-state index in [0.717, 1.165) is 30.3 Å². The Balaban J connectivity index is 0.00000182. The van der Waals surface area contributed by atoms with E-state index in [1.165, 1.54) is 18.5 Å². The normalized spacial score (nSPS) is 16.7. The monoisotopic (exact) mass is 417 g/mol. The molecular formula is C18H29Cl2N5O2. The molecule has 4 N–H and O–H groups in total. The molecule has 0 aromatic carbocycles. The average molecular weight is 418 g/mol. The number of amides is 1. The minimum Gasteiger partial charge on any atom is -0.372 e. The van der Waals surface area contributed by atoms with Crippen LogP contribution in [0.25, 0.3) is 10.9 Å². The number of aromatic nitrogens is 2. The quantitative estimate of drug-likeness (QED) is 0.573. The molecule has 1 fully saturated rings. The first kappa shape index (κ1) is 23.7. The van der Waals surface area contributed by atoms with Crippen molar-refractivity contribution in [2.45, 2.75) is 31.7 Å². The summed E-state index contributed by atoms with van der Waals surface area (Å²) in [6.45, 7) is 2.36. The standard InChI is InChI=1S/C18H27N5O2.2ClH/c1-23-7-4-5-16(23)15-9-13-11-20-17(10-14(13)21-15)22-18(24)12-25-8-3-2-6-19;;/h9-11,16,21H,2-8,12,19H2,1H3,(H,20,22,24);2*1H/t16-;;/m1../s1. The van der Waals surface area contributed by atoms with Crippen molar-refractivity contribution >= 4 is 47.4 Å². The molecule has 7 nitrogen and oxygen atoms in total. The maximum atomic E-state index is 11.9. The highest BCUT2D eigenvalue weighted by atomic mass is 35.5. The molecule has 9 heteroatoms. The third kappa shape index (κ3) is 6.33. The molecule has 0 radical (unpaired) electrons. The molecule has 1 atom stereocenters. The fourth-order valence-corrected chi connectivity index (χ4v) is 3.29. The molecule has 3 heterocycles. The zero-order valence-corrected chi connectivity index (χ0v) is 17.2. The van der Waals surface area contributed by atoms with Crippen molar-refractivity contribution in [1.82, 2.24) is 14.9 Å². The van der Waals surface area contributed by atoms with Crippen LogP contribution in [0.5, 0.6) is 0 Å². The van der Waals surface area contributed by atoms with E-state index in [-0.39, 0.29) is 37.3 Å². The van der Waals surface area contributed by atoms with Crippen LogP contribution < -0.4 is 11.1 Å². The van der Waals surface area contributed by atoms with E-state index in [0.29, 0.717) is 25.0 Å². The Hall–Kier alpha value is -1.38. The number of carbonyl (C=O) groups excluding carboxylic acids is 1. The molecule has 1 aliphatic heterocycles. The van der Waals surface area contributed by atoms with Gasteiger partial charge in [-0.2, -0.15) is 0 Å². The van der Waals surface area contributed by atoms with Crippen LogP contribution in [0.4, 0.5) is 5.82 Å². The molecule has 0 aliphatic carbocycles. The molecule has 27 heavy (non-hydrogen) atoms. The van der Waals surface area contributed by atoms with Crippen LogP contribution in [0.15, 0.2) is 18.3 Å². The van der Waals surface area contributed by atoms with Crippen molar-refractivity contribution in [1.29, 1.82) is 0 Å². The van der Waals surface area contributed by atoms with Crippen molar-refractivity contribution in [3.8, 4) is 0 Å². The number of unbranched alkanes of at least 4 members (excludes halogenated alkanes) is 1. The van der Waals surface area contributed by atoms with E-state index in [4.69, 9.17) is 10.5 Å². The zero-order chi connectivity index (χ0) is 17.6. The summed E-state index contributed by atoms with van der Waals surface area (Å²) in [6, 6.07) is 4.47. The summed E-state index contributed by atoms with van der Waals surface area (Å²) in [5, 5.41) is 3.84. The van der Waals surface area contributed by atoms with Gasteiger partial charge in [-0.05, 0) is 51.9 Å². The largest absolute Gasteiger partial charge is 0.372 e. The van der Waals surface area contributed by atoms with Gasteiger partial charge < -0.3 is 20.8 Å². The van der Waals surface area contributed by atoms with Gasteiger partial charge in [0.15, 0.2) is 0 Å². The second kappa shape index (κ2) is 11.5. The summed E-state index contributed by atoms with van der Waals surface area (Å²) in [7, 11) is 2.15. The Morgan fingerprint density at radius 2 is 2.22 bits per heavy atom. The molecule has 152 valence electrons. The number of fused-ring (bicyclic) bond motifs is 1. The Morgan fingerprint density at radius 3 is 2.93 bits per heavy atom. The van der Waals surface area contributed by atoms with Crippen molar-refractivity contribution in [3.05, 3.63) is 24.0 Å². The Labute approximate surface area is 172 Å². The number of rotatable bonds is 8. The molecular weight excluding hydrogens is 389 g/mol. The molecule has 0 saturated carbocycles. The molecule has 0 spiro atoms. The highest BCUT2D eigenvalue weighted by molar-refractivity contribution is 5.93. The lowest BCUT2D eigenvalue weighted by molar-refractivity contribution is -0.120. The molecule has 2 aromatic heterocycles. The molecule has 1 saturated heterocycles. The van der Waals surface area contributed by atoms with Crippen LogP contribution in [0.3, 0.4) is 0 Å². The lowest BCUT2D eigenvalue weighted by atomic mass is 10.1. The lowest BCUT2D eigenvalue weighted by Crippen LogP contribution is -2.19. The van der Waals surface area contributed by atoms with Gasteiger partial charge in [0.25, 0.3) is 5.91 Å². The maximum absolute atomic E-state index is 11.9. The number of pyridine rings is 1. The van der Waals surface area contributed by atoms with E-state index in [1.54, 1.807) is 6.20 Å². The second-order valence-electron chi connectivity index (χ2n) is 6.62. The highest BCUT2D eigenvalue weighted by Gasteiger charge is 2.24. The highest BCUT2D eigenvalue weighted by Crippen LogP contribution is 2.31. The van der Waals surface area contributed by atoms with Gasteiger partial charge >= 0.3 is 0 Å². The third-order valence-electron chi connectivity index (χ3n) is 4.65. The number of nitrogens with one attached hydrogen (secondary N) is 2. The van der Waals surface area contributed by atoms with Crippen LogP contribution in [0.1, 0.15) is 37.4 Å². The lowest BCUT2D eigenvalue weighted by Gasteiger charge is -2.17. The third-order valence-corrected chi connectivity index (χ3v) is 4.65. The number of nitrogens with two attached hydrogens (primary N) is 1. The van der Waals surface area contributed by atoms with Crippen molar-refractivity contribution in [3.63, 3.8) is 0 Å². The number of nitrogens with zero attached hydrogens (tertiary/aromatic N) is 2. The van der Waals surface area contributed by atoms with Crippen molar-refractivity contribution < 1.29 is 9.53 Å². The van der Waals surface area contributed by atoms with Crippen LogP contribution >= 0.6 is 24.8 Å². The van der Waals surface area contributed by atoms with Crippen LogP contribution in [0, 0.1) is 0 Å². The number of hydrogen-bond acceptors (Lipinski definition) is 5. The summed E-state index contributed by atoms with van der Waals surface area (Å²) < 4.78 is 5.33. The van der Waals surface area contributed by atoms with Gasteiger partial charge in [-0.1, -0.05) is 0 Å². The van der Waals surface area contributed by atoms with Crippen LogP contribution in [0.2, 0.25) is 0 Å². The van der Waals surface area contributed by atoms with Crippen LogP contribution in [-0.4, -0.2) is 54.1 Å². The number of halogens is 2. The van der Waals surface area contributed by atoms with Gasteiger partial charge in [-0.25, -0.2) is 4.98 Å². The van der Waals surface area contributed by atoms with Gasteiger partial charge in [0.2, 0.25) is 0 Å². The van der Waals surface area contributed by atoms with E-state index < -0.39 is 0 Å². The number of hydrogen-bond donors (Lipinski definition) is 3. The van der Waals surface area contributed by atoms with Gasteiger partial charge in [0.05, 0.1) is 5.52 Å². The van der Waals surface area contributed by atoms with Gasteiger partial charge in [0.1, 0.15) is 12.4 Å². The molecule has 2 aromatic rings. The summed E-state index contributed by atoms with van der Waals surface area (Å²) >= 11 is 0. The Bertz CT molecular complexity index is 725. The summed E-state index contributed by atoms with van der Waals surface area (Å²) in [5.41, 5.74) is 7.62. The number of ether oxygens (including phenoxy) is 1. The summed E-state index contributed by atoms with van der Waals surface area (Å²) in [4.78, 5) is 22.1. The molecule has 0 unspecified atom stereocenters. The number of aromatic amines is 1. The maximum Gasteiger partial charge on any atom is 0.251 e.